The fourth-order valence-corrected chi connectivity index (χ4v) is 2.97. The molecule has 1 nitrogen and oxygen atoms in total. The topological polar surface area (TPSA) is 3.24 Å². The molecule has 1 heterocycles. The second kappa shape index (κ2) is 5.63. The summed E-state index contributed by atoms with van der Waals surface area (Å²) in [6, 6.07) is 9.64. The first-order valence-corrected chi connectivity index (χ1v) is 7.43. The number of rotatable bonds is 3. The number of alkyl halides is 1. The van der Waals surface area contributed by atoms with E-state index in [-0.39, 0.29) is 5.41 Å². The molecule has 0 amide bonds. The highest BCUT2D eigenvalue weighted by Gasteiger charge is 2.23. The summed E-state index contributed by atoms with van der Waals surface area (Å²) in [6.07, 6.45) is 2.54. The highest BCUT2D eigenvalue weighted by atomic mass is 35.5. The summed E-state index contributed by atoms with van der Waals surface area (Å²) in [5.74, 6) is 0.764. The van der Waals surface area contributed by atoms with Gasteiger partial charge in [-0.3, -0.25) is 4.90 Å². The van der Waals surface area contributed by atoms with Crippen molar-refractivity contribution in [2.75, 3.05) is 12.4 Å². The van der Waals surface area contributed by atoms with Crippen molar-refractivity contribution in [1.29, 1.82) is 0 Å². The zero-order valence-electron chi connectivity index (χ0n) is 11.7. The van der Waals surface area contributed by atoms with E-state index < -0.39 is 0 Å². The predicted octanol–water partition coefficient (Wildman–Crippen LogP) is 4.19. The van der Waals surface area contributed by atoms with E-state index in [0.29, 0.717) is 6.04 Å². The number of benzene rings is 1. The van der Waals surface area contributed by atoms with E-state index in [2.05, 4.69) is 49.9 Å². The SMILES string of the molecule is CC(C)(C)c1ccc(CN2CCCC2CCl)cc1. The molecule has 1 aromatic carbocycles. The predicted molar refractivity (Wildman–Crippen MR) is 79.3 cm³/mol. The van der Waals surface area contributed by atoms with Gasteiger partial charge < -0.3 is 0 Å². The Morgan fingerprint density at radius 3 is 2.44 bits per heavy atom. The lowest BCUT2D eigenvalue weighted by atomic mass is 9.87. The van der Waals surface area contributed by atoms with Crippen LogP contribution in [0.25, 0.3) is 0 Å². The van der Waals surface area contributed by atoms with Gasteiger partial charge in [0.15, 0.2) is 0 Å². The van der Waals surface area contributed by atoms with Crippen molar-refractivity contribution < 1.29 is 0 Å². The molecule has 0 radical (unpaired) electrons. The fraction of sp³-hybridized carbons (Fsp3) is 0.625. The molecule has 1 aliphatic rings. The molecule has 18 heavy (non-hydrogen) atoms. The minimum atomic E-state index is 0.241. The van der Waals surface area contributed by atoms with Gasteiger partial charge in [-0.1, -0.05) is 45.0 Å². The summed E-state index contributed by atoms with van der Waals surface area (Å²) in [6.45, 7) is 9.00. The molecule has 0 aromatic heterocycles. The zero-order chi connectivity index (χ0) is 13.2. The second-order valence-electron chi connectivity index (χ2n) is 6.37. The van der Waals surface area contributed by atoms with Crippen LogP contribution in [0.1, 0.15) is 44.7 Å². The van der Waals surface area contributed by atoms with Gasteiger partial charge in [0.1, 0.15) is 0 Å². The van der Waals surface area contributed by atoms with Crippen LogP contribution in [0, 0.1) is 0 Å². The molecular weight excluding hydrogens is 242 g/mol. The normalized spacial score (nSPS) is 21.4. The van der Waals surface area contributed by atoms with Crippen molar-refractivity contribution in [3.63, 3.8) is 0 Å². The van der Waals surface area contributed by atoms with Crippen LogP contribution < -0.4 is 0 Å². The smallest absolute Gasteiger partial charge is 0.0379 e. The molecule has 0 aliphatic carbocycles. The van der Waals surface area contributed by atoms with Crippen LogP contribution in [0.2, 0.25) is 0 Å². The molecule has 0 N–H and O–H groups in total. The Hall–Kier alpha value is -0.530. The Morgan fingerprint density at radius 2 is 1.89 bits per heavy atom. The molecule has 2 heteroatoms. The fourth-order valence-electron chi connectivity index (χ4n) is 2.62. The van der Waals surface area contributed by atoms with Gasteiger partial charge in [0.25, 0.3) is 0 Å². The first-order valence-electron chi connectivity index (χ1n) is 6.90. The average molecular weight is 266 g/mol. The molecule has 2 rings (SSSR count). The number of hydrogen-bond donors (Lipinski definition) is 0. The van der Waals surface area contributed by atoms with Crippen molar-refractivity contribution in [2.45, 2.75) is 51.6 Å². The third-order valence-electron chi connectivity index (χ3n) is 3.88. The summed E-state index contributed by atoms with van der Waals surface area (Å²) < 4.78 is 0. The maximum atomic E-state index is 6.01. The van der Waals surface area contributed by atoms with E-state index in [1.807, 2.05) is 0 Å². The Kier molecular flexibility index (Phi) is 4.34. The van der Waals surface area contributed by atoms with E-state index >= 15 is 0 Å². The summed E-state index contributed by atoms with van der Waals surface area (Å²) >= 11 is 6.01. The van der Waals surface area contributed by atoms with Gasteiger partial charge in [0.2, 0.25) is 0 Å². The molecule has 0 bridgehead atoms. The van der Waals surface area contributed by atoms with Gasteiger partial charge in [-0.05, 0) is 35.9 Å². The third kappa shape index (κ3) is 3.27. The van der Waals surface area contributed by atoms with E-state index in [1.54, 1.807) is 0 Å². The van der Waals surface area contributed by atoms with Crippen LogP contribution in [0.3, 0.4) is 0 Å². The average Bonchev–Trinajstić information content (AvgIpc) is 2.76. The Labute approximate surface area is 116 Å². The largest absolute Gasteiger partial charge is 0.295 e. The Balaban J connectivity index is 2.02. The molecular formula is C16H24ClN. The zero-order valence-corrected chi connectivity index (χ0v) is 12.5. The number of likely N-dealkylation sites (tertiary alicyclic amines) is 1. The summed E-state index contributed by atoms with van der Waals surface area (Å²) in [7, 11) is 0. The van der Waals surface area contributed by atoms with Crippen molar-refractivity contribution in [3.05, 3.63) is 35.4 Å². The summed E-state index contributed by atoms with van der Waals surface area (Å²) in [5.41, 5.74) is 3.05. The molecule has 1 fully saturated rings. The van der Waals surface area contributed by atoms with Crippen molar-refractivity contribution in [2.24, 2.45) is 0 Å². The third-order valence-corrected chi connectivity index (χ3v) is 4.24. The van der Waals surface area contributed by atoms with Crippen LogP contribution >= 0.6 is 11.6 Å². The first-order chi connectivity index (χ1) is 8.50. The van der Waals surface area contributed by atoms with Crippen molar-refractivity contribution in [3.8, 4) is 0 Å². The summed E-state index contributed by atoms with van der Waals surface area (Å²) in [4.78, 5) is 2.51. The van der Waals surface area contributed by atoms with E-state index in [4.69, 9.17) is 11.6 Å². The second-order valence-corrected chi connectivity index (χ2v) is 6.68. The Bertz CT molecular complexity index is 377. The molecule has 100 valence electrons. The molecule has 1 aliphatic heterocycles. The van der Waals surface area contributed by atoms with Crippen LogP contribution in [0.4, 0.5) is 0 Å². The van der Waals surface area contributed by atoms with Gasteiger partial charge >= 0.3 is 0 Å². The molecule has 1 saturated heterocycles. The molecule has 0 saturated carbocycles. The quantitative estimate of drug-likeness (QED) is 0.741. The molecule has 1 atom stereocenters. The van der Waals surface area contributed by atoms with Gasteiger partial charge in [-0.25, -0.2) is 0 Å². The van der Waals surface area contributed by atoms with Crippen molar-refractivity contribution >= 4 is 11.6 Å². The molecule has 0 spiro atoms. The van der Waals surface area contributed by atoms with E-state index in [9.17, 15) is 0 Å². The summed E-state index contributed by atoms with van der Waals surface area (Å²) in [5, 5.41) is 0. The van der Waals surface area contributed by atoms with Gasteiger partial charge in [-0.15, -0.1) is 11.6 Å². The van der Waals surface area contributed by atoms with E-state index in [1.165, 1.54) is 30.5 Å². The maximum Gasteiger partial charge on any atom is 0.0379 e. The monoisotopic (exact) mass is 265 g/mol. The highest BCUT2D eigenvalue weighted by molar-refractivity contribution is 6.18. The lowest BCUT2D eigenvalue weighted by molar-refractivity contribution is 0.263. The highest BCUT2D eigenvalue weighted by Crippen LogP contribution is 2.24. The first kappa shape index (κ1) is 13.9. The lowest BCUT2D eigenvalue weighted by Gasteiger charge is -2.23. The van der Waals surface area contributed by atoms with Crippen molar-refractivity contribution in [1.82, 2.24) is 4.90 Å². The van der Waals surface area contributed by atoms with Crippen LogP contribution in [-0.4, -0.2) is 23.4 Å². The Morgan fingerprint density at radius 1 is 1.22 bits per heavy atom. The molecule has 1 unspecified atom stereocenters. The van der Waals surface area contributed by atoms with Gasteiger partial charge in [0.05, 0.1) is 0 Å². The number of halogens is 1. The van der Waals surface area contributed by atoms with Crippen LogP contribution in [0.15, 0.2) is 24.3 Å². The van der Waals surface area contributed by atoms with Crippen LogP contribution in [0.5, 0.6) is 0 Å². The minimum absolute atomic E-state index is 0.241. The maximum absolute atomic E-state index is 6.01. The number of nitrogens with zero attached hydrogens (tertiary/aromatic N) is 1. The number of hydrogen-bond acceptors (Lipinski definition) is 1. The van der Waals surface area contributed by atoms with Gasteiger partial charge in [-0.2, -0.15) is 0 Å². The van der Waals surface area contributed by atoms with Crippen LogP contribution in [-0.2, 0) is 12.0 Å². The minimum Gasteiger partial charge on any atom is -0.295 e. The van der Waals surface area contributed by atoms with E-state index in [0.717, 1.165) is 12.4 Å². The lowest BCUT2D eigenvalue weighted by Crippen LogP contribution is -2.30. The van der Waals surface area contributed by atoms with Gasteiger partial charge in [0, 0.05) is 18.5 Å². The standard InChI is InChI=1S/C16H24ClN/c1-16(2,3)14-8-6-13(7-9-14)12-18-10-4-5-15(18)11-17/h6-9,15H,4-5,10-12H2,1-3H3. The molecule has 1 aromatic rings.